The van der Waals surface area contributed by atoms with E-state index in [2.05, 4.69) is 90.1 Å². The number of benzene rings is 1. The molecule has 2 atom stereocenters. The Morgan fingerprint density at radius 1 is 0.818 bits per heavy atom. The van der Waals surface area contributed by atoms with Crippen LogP contribution in [0.5, 0.6) is 0 Å². The fourth-order valence-corrected chi connectivity index (χ4v) is 6.25. The van der Waals surface area contributed by atoms with Crippen molar-refractivity contribution in [1.82, 2.24) is 0 Å². The summed E-state index contributed by atoms with van der Waals surface area (Å²) in [6.45, 7) is 14.0. The van der Waals surface area contributed by atoms with Gasteiger partial charge in [0.1, 0.15) is 0 Å². The maximum Gasteiger partial charge on any atom is 0.0221 e. The summed E-state index contributed by atoms with van der Waals surface area (Å²) < 4.78 is 0. The molecule has 0 radical (unpaired) electrons. The maximum absolute atomic E-state index is 2.54. The summed E-state index contributed by atoms with van der Waals surface area (Å²) in [5.74, 6) is 0.523. The van der Waals surface area contributed by atoms with E-state index >= 15 is 0 Å². The number of allylic oxidation sites excluding steroid dienone is 6. The van der Waals surface area contributed by atoms with Gasteiger partial charge in [-0.15, -0.1) is 0 Å². The Labute approximate surface area is 136 Å². The summed E-state index contributed by atoms with van der Waals surface area (Å²) in [7, 11) is -0.336. The monoisotopic (exact) mass is 310 g/mol. The lowest BCUT2D eigenvalue weighted by Crippen LogP contribution is -2.12. The van der Waals surface area contributed by atoms with Gasteiger partial charge in [-0.05, 0) is 40.3 Å². The molecule has 1 heterocycles. The molecule has 1 heteroatoms. The van der Waals surface area contributed by atoms with Gasteiger partial charge in [0.05, 0.1) is 0 Å². The number of hydrogen-bond acceptors (Lipinski definition) is 0. The topological polar surface area (TPSA) is 0 Å². The van der Waals surface area contributed by atoms with E-state index < -0.39 is 0 Å². The molecule has 1 aliphatic heterocycles. The van der Waals surface area contributed by atoms with Crippen molar-refractivity contribution >= 4 is 13.2 Å². The number of rotatable bonds is 1. The van der Waals surface area contributed by atoms with Gasteiger partial charge in [-0.1, -0.05) is 90.1 Å². The molecule has 0 saturated carbocycles. The Bertz CT molecular complexity index is 660. The average molecular weight is 310 g/mol. The zero-order valence-corrected chi connectivity index (χ0v) is 15.5. The molecular weight excluding hydrogens is 283 g/mol. The van der Waals surface area contributed by atoms with Crippen molar-refractivity contribution in [2.45, 2.75) is 41.5 Å². The summed E-state index contributed by atoms with van der Waals surface area (Å²) in [6.07, 6.45) is 7.54. The van der Waals surface area contributed by atoms with E-state index in [4.69, 9.17) is 0 Å². The maximum atomic E-state index is 2.54. The van der Waals surface area contributed by atoms with Crippen LogP contribution in [-0.2, 0) is 0 Å². The second kappa shape index (κ2) is 5.20. The molecule has 0 nitrogen and oxygen atoms in total. The van der Waals surface area contributed by atoms with Gasteiger partial charge < -0.3 is 0 Å². The smallest absolute Gasteiger partial charge is 0.0221 e. The van der Waals surface area contributed by atoms with Crippen molar-refractivity contribution < 1.29 is 0 Å². The van der Waals surface area contributed by atoms with Gasteiger partial charge >= 0.3 is 0 Å². The molecule has 0 amide bonds. The molecule has 22 heavy (non-hydrogen) atoms. The molecule has 0 spiro atoms. The highest BCUT2D eigenvalue weighted by atomic mass is 31.1. The summed E-state index contributed by atoms with van der Waals surface area (Å²) in [5.41, 5.74) is 1.98. The molecule has 116 valence electrons. The van der Waals surface area contributed by atoms with Gasteiger partial charge in [0.15, 0.2) is 0 Å². The van der Waals surface area contributed by atoms with Crippen molar-refractivity contribution in [3.05, 3.63) is 64.8 Å². The normalized spacial score (nSPS) is 24.7. The van der Waals surface area contributed by atoms with Crippen LogP contribution in [0, 0.1) is 16.7 Å². The van der Waals surface area contributed by atoms with Crippen LogP contribution in [0.4, 0.5) is 0 Å². The van der Waals surface area contributed by atoms with Crippen molar-refractivity contribution in [1.29, 1.82) is 0 Å². The fraction of sp³-hybridized carbons (Fsp3) is 0.429. The highest BCUT2D eigenvalue weighted by molar-refractivity contribution is 7.74. The van der Waals surface area contributed by atoms with Crippen LogP contribution in [0.25, 0.3) is 0 Å². The summed E-state index contributed by atoms with van der Waals surface area (Å²) in [4.78, 5) is 0. The Balaban J connectivity index is 2.09. The summed E-state index contributed by atoms with van der Waals surface area (Å²) in [5, 5.41) is 4.76. The van der Waals surface area contributed by atoms with Gasteiger partial charge in [-0.3, -0.25) is 0 Å². The quantitative estimate of drug-likeness (QED) is 0.540. The van der Waals surface area contributed by atoms with Crippen molar-refractivity contribution in [2.75, 3.05) is 0 Å². The van der Waals surface area contributed by atoms with Crippen LogP contribution in [0.3, 0.4) is 0 Å². The fourth-order valence-electron chi connectivity index (χ4n) is 3.23. The Hall–Kier alpha value is -1.13. The molecule has 3 rings (SSSR count). The predicted octanol–water partition coefficient (Wildman–Crippen LogP) is 6.22. The zero-order valence-electron chi connectivity index (χ0n) is 14.6. The van der Waals surface area contributed by atoms with Gasteiger partial charge in [0, 0.05) is 5.92 Å². The highest BCUT2D eigenvalue weighted by Gasteiger charge is 2.40. The first-order valence-electron chi connectivity index (χ1n) is 8.19. The molecule has 1 aliphatic carbocycles. The van der Waals surface area contributed by atoms with Gasteiger partial charge in [0.2, 0.25) is 0 Å². The molecule has 2 aliphatic rings. The predicted molar refractivity (Wildman–Crippen MR) is 99.6 cm³/mol. The van der Waals surface area contributed by atoms with E-state index in [9.17, 15) is 0 Å². The Morgan fingerprint density at radius 2 is 1.45 bits per heavy atom. The minimum Gasteiger partial charge on any atom is -0.0694 e. The first-order valence-corrected chi connectivity index (χ1v) is 9.53. The Morgan fingerprint density at radius 3 is 2.00 bits per heavy atom. The minimum atomic E-state index is -0.336. The molecule has 0 aromatic heterocycles. The van der Waals surface area contributed by atoms with Crippen molar-refractivity contribution in [3.63, 3.8) is 0 Å². The van der Waals surface area contributed by atoms with Crippen LogP contribution < -0.4 is 5.30 Å². The standard InChI is InChI=1S/C21H27P/c1-20(2,3)16-12-15-13-19(21(4,5)6)22(18(15)14-16)17-10-8-7-9-11-17/h7-15H,1-6H3. The first kappa shape index (κ1) is 15.8. The molecule has 0 saturated heterocycles. The van der Waals surface area contributed by atoms with E-state index in [1.165, 1.54) is 10.9 Å². The largest absolute Gasteiger partial charge is 0.0694 e. The van der Waals surface area contributed by atoms with Crippen LogP contribution in [0.1, 0.15) is 41.5 Å². The lowest BCUT2D eigenvalue weighted by atomic mass is 9.87. The van der Waals surface area contributed by atoms with Gasteiger partial charge in [-0.2, -0.15) is 0 Å². The zero-order chi connectivity index (χ0) is 16.1. The molecule has 1 aromatic rings. The third-order valence-electron chi connectivity index (χ3n) is 4.49. The van der Waals surface area contributed by atoms with Crippen molar-refractivity contribution in [2.24, 2.45) is 16.7 Å². The lowest BCUT2D eigenvalue weighted by molar-refractivity contribution is 0.516. The molecule has 0 N–H and O–H groups in total. The lowest BCUT2D eigenvalue weighted by Gasteiger charge is -2.28. The number of fused-ring (bicyclic) bond motifs is 1. The van der Waals surface area contributed by atoms with Gasteiger partial charge in [-0.25, -0.2) is 0 Å². The highest BCUT2D eigenvalue weighted by Crippen LogP contribution is 2.67. The van der Waals surface area contributed by atoms with E-state index in [0.29, 0.717) is 5.92 Å². The third-order valence-corrected chi connectivity index (χ3v) is 7.55. The number of hydrogen-bond donors (Lipinski definition) is 0. The summed E-state index contributed by atoms with van der Waals surface area (Å²) >= 11 is 0. The third kappa shape index (κ3) is 2.74. The van der Waals surface area contributed by atoms with Crippen LogP contribution in [0.15, 0.2) is 64.8 Å². The Kier molecular flexibility index (Phi) is 3.73. The second-order valence-electron chi connectivity index (χ2n) is 8.44. The van der Waals surface area contributed by atoms with E-state index in [1.807, 2.05) is 0 Å². The molecule has 0 bridgehead atoms. The molecular formula is C21H27P. The van der Waals surface area contributed by atoms with Crippen molar-refractivity contribution in [3.8, 4) is 0 Å². The minimum absolute atomic E-state index is 0.239. The second-order valence-corrected chi connectivity index (χ2v) is 10.6. The van der Waals surface area contributed by atoms with E-state index in [0.717, 1.165) is 0 Å². The summed E-state index contributed by atoms with van der Waals surface area (Å²) in [6, 6.07) is 11.1. The van der Waals surface area contributed by atoms with E-state index in [1.54, 1.807) is 10.6 Å². The van der Waals surface area contributed by atoms with Crippen LogP contribution in [0.2, 0.25) is 0 Å². The van der Waals surface area contributed by atoms with Crippen LogP contribution >= 0.6 is 7.92 Å². The van der Waals surface area contributed by atoms with E-state index in [-0.39, 0.29) is 18.8 Å². The SMILES string of the molecule is CC(C)(C)C1=CC2C=C(C(C)(C)C)P(c3ccccc3)C2=C1. The van der Waals surface area contributed by atoms with Gasteiger partial charge in [0.25, 0.3) is 0 Å². The average Bonchev–Trinajstić information content (AvgIpc) is 2.95. The molecule has 1 aromatic carbocycles. The molecule has 0 fully saturated rings. The van der Waals surface area contributed by atoms with Crippen LogP contribution in [-0.4, -0.2) is 0 Å². The first-order chi connectivity index (χ1) is 10.2. The molecule has 2 unspecified atom stereocenters.